The summed E-state index contributed by atoms with van der Waals surface area (Å²) >= 11 is 18.8. The highest BCUT2D eigenvalue weighted by Crippen LogP contribution is 2.42. The summed E-state index contributed by atoms with van der Waals surface area (Å²) in [5.41, 5.74) is 2.65. The third-order valence-corrected chi connectivity index (χ3v) is 5.18. The maximum atomic E-state index is 11.1. The number of aliphatic hydroxyl groups is 1. The van der Waals surface area contributed by atoms with E-state index < -0.39 is 6.10 Å². The van der Waals surface area contributed by atoms with Crippen LogP contribution in [0.1, 0.15) is 17.2 Å². The van der Waals surface area contributed by atoms with Gasteiger partial charge in [0.05, 0.1) is 15.6 Å². The molecule has 7 heteroatoms. The van der Waals surface area contributed by atoms with Crippen LogP contribution in [-0.4, -0.2) is 15.2 Å². The van der Waals surface area contributed by atoms with Gasteiger partial charge in [-0.1, -0.05) is 58.2 Å². The van der Waals surface area contributed by atoms with Gasteiger partial charge < -0.3 is 9.63 Å². The molecule has 4 aromatic rings. The molecule has 0 saturated heterocycles. The van der Waals surface area contributed by atoms with Crippen LogP contribution in [0.3, 0.4) is 0 Å². The number of hydrogen-bond donors (Lipinski definition) is 1. The van der Waals surface area contributed by atoms with Crippen molar-refractivity contribution in [2.75, 3.05) is 0 Å². The number of aromatic nitrogens is 2. The van der Waals surface area contributed by atoms with Gasteiger partial charge >= 0.3 is 0 Å². The maximum absolute atomic E-state index is 11.1. The molecule has 1 unspecified atom stereocenters. The first-order valence-corrected chi connectivity index (χ1v) is 9.47. The van der Waals surface area contributed by atoms with Crippen molar-refractivity contribution < 1.29 is 9.63 Å². The van der Waals surface area contributed by atoms with Crippen LogP contribution in [0.4, 0.5) is 0 Å². The zero-order chi connectivity index (χ0) is 19.7. The maximum Gasteiger partial charge on any atom is 0.175 e. The first kappa shape index (κ1) is 19.0. The fourth-order valence-electron chi connectivity index (χ4n) is 2.97. The molecular formula is C21H13Cl3N2O2. The number of benzene rings is 2. The zero-order valence-electron chi connectivity index (χ0n) is 14.3. The predicted octanol–water partition coefficient (Wildman–Crippen LogP) is 6.45. The fourth-order valence-corrected chi connectivity index (χ4v) is 3.69. The van der Waals surface area contributed by atoms with Gasteiger partial charge in [-0.3, -0.25) is 4.98 Å². The van der Waals surface area contributed by atoms with Crippen molar-refractivity contribution in [1.29, 1.82) is 0 Å². The highest BCUT2D eigenvalue weighted by Gasteiger charge is 2.28. The molecule has 0 spiro atoms. The summed E-state index contributed by atoms with van der Waals surface area (Å²) in [4.78, 5) is 4.09. The minimum Gasteiger partial charge on any atom is -0.383 e. The lowest BCUT2D eigenvalue weighted by molar-refractivity contribution is 0.220. The van der Waals surface area contributed by atoms with Gasteiger partial charge in [0.1, 0.15) is 11.8 Å². The molecule has 1 N–H and O–H groups in total. The zero-order valence-corrected chi connectivity index (χ0v) is 16.6. The lowest BCUT2D eigenvalue weighted by Crippen LogP contribution is -2.03. The van der Waals surface area contributed by atoms with E-state index in [1.807, 2.05) is 12.1 Å². The van der Waals surface area contributed by atoms with E-state index in [0.29, 0.717) is 48.8 Å². The van der Waals surface area contributed by atoms with Crippen LogP contribution in [0.2, 0.25) is 15.1 Å². The van der Waals surface area contributed by atoms with Gasteiger partial charge in [0.15, 0.2) is 5.76 Å². The van der Waals surface area contributed by atoms with Crippen molar-refractivity contribution in [1.82, 2.24) is 10.1 Å². The monoisotopic (exact) mass is 430 g/mol. The van der Waals surface area contributed by atoms with Crippen molar-refractivity contribution in [3.63, 3.8) is 0 Å². The Morgan fingerprint density at radius 1 is 0.893 bits per heavy atom. The first-order valence-electron chi connectivity index (χ1n) is 8.34. The Morgan fingerprint density at radius 3 is 2.43 bits per heavy atom. The van der Waals surface area contributed by atoms with Crippen molar-refractivity contribution in [3.05, 3.63) is 93.2 Å². The van der Waals surface area contributed by atoms with E-state index in [4.69, 9.17) is 39.3 Å². The lowest BCUT2D eigenvalue weighted by atomic mass is 9.95. The molecule has 2 aromatic heterocycles. The summed E-state index contributed by atoms with van der Waals surface area (Å²) < 4.78 is 5.64. The molecule has 0 aliphatic carbocycles. The average molecular weight is 432 g/mol. The SMILES string of the molecule is OC(c1cccnc1)c1c(-c2ccc(Cl)cc2Cl)noc1-c1ccccc1Cl. The van der Waals surface area contributed by atoms with Crippen molar-refractivity contribution in [3.8, 4) is 22.6 Å². The van der Waals surface area contributed by atoms with Gasteiger partial charge in [-0.2, -0.15) is 0 Å². The molecule has 4 rings (SSSR count). The smallest absolute Gasteiger partial charge is 0.175 e. The number of hydrogen-bond acceptors (Lipinski definition) is 4. The van der Waals surface area contributed by atoms with Crippen LogP contribution in [0.5, 0.6) is 0 Å². The summed E-state index contributed by atoms with van der Waals surface area (Å²) in [6.45, 7) is 0. The van der Waals surface area contributed by atoms with E-state index in [-0.39, 0.29) is 0 Å². The normalized spacial score (nSPS) is 12.1. The summed E-state index contributed by atoms with van der Waals surface area (Å²) in [5.74, 6) is 0.364. The van der Waals surface area contributed by atoms with Crippen molar-refractivity contribution in [2.45, 2.75) is 6.10 Å². The Kier molecular flexibility index (Phi) is 5.38. The molecule has 0 fully saturated rings. The van der Waals surface area contributed by atoms with E-state index in [1.54, 1.807) is 54.9 Å². The van der Waals surface area contributed by atoms with E-state index in [2.05, 4.69) is 10.1 Å². The van der Waals surface area contributed by atoms with Gasteiger partial charge in [0.25, 0.3) is 0 Å². The van der Waals surface area contributed by atoms with Gasteiger partial charge in [-0.15, -0.1) is 0 Å². The average Bonchev–Trinajstić information content (AvgIpc) is 3.13. The standard InChI is InChI=1S/C21H13Cl3N2O2/c22-13-7-8-14(17(24)10-13)19-18(20(27)12-4-3-9-25-11-12)21(28-26-19)15-5-1-2-6-16(15)23/h1-11,20,27H. The van der Waals surface area contributed by atoms with Crippen LogP contribution >= 0.6 is 34.8 Å². The quantitative estimate of drug-likeness (QED) is 0.403. The van der Waals surface area contributed by atoms with Crippen LogP contribution in [-0.2, 0) is 0 Å². The molecule has 140 valence electrons. The summed E-state index contributed by atoms with van der Waals surface area (Å²) in [6.07, 6.45) is 2.17. The van der Waals surface area contributed by atoms with E-state index in [1.165, 1.54) is 0 Å². The van der Waals surface area contributed by atoms with Crippen LogP contribution < -0.4 is 0 Å². The minimum atomic E-state index is -1.05. The third-order valence-electron chi connectivity index (χ3n) is 4.31. The largest absolute Gasteiger partial charge is 0.383 e. The molecule has 4 nitrogen and oxygen atoms in total. The van der Waals surface area contributed by atoms with E-state index >= 15 is 0 Å². The molecule has 0 aliphatic rings. The van der Waals surface area contributed by atoms with Gasteiger partial charge in [0, 0.05) is 34.1 Å². The van der Waals surface area contributed by atoms with Crippen molar-refractivity contribution >= 4 is 34.8 Å². The topological polar surface area (TPSA) is 59.2 Å². The number of aliphatic hydroxyl groups excluding tert-OH is 1. The molecular weight excluding hydrogens is 419 g/mol. The lowest BCUT2D eigenvalue weighted by Gasteiger charge is -2.13. The molecule has 28 heavy (non-hydrogen) atoms. The summed E-state index contributed by atoms with van der Waals surface area (Å²) in [7, 11) is 0. The molecule has 1 atom stereocenters. The summed E-state index contributed by atoms with van der Waals surface area (Å²) in [5, 5.41) is 16.7. The van der Waals surface area contributed by atoms with Crippen LogP contribution in [0.25, 0.3) is 22.6 Å². The Bertz CT molecular complexity index is 1130. The number of nitrogens with zero attached hydrogens (tertiary/aromatic N) is 2. The molecule has 0 saturated carbocycles. The second kappa shape index (κ2) is 7.94. The second-order valence-electron chi connectivity index (χ2n) is 6.07. The first-order chi connectivity index (χ1) is 13.6. The van der Waals surface area contributed by atoms with E-state index in [9.17, 15) is 5.11 Å². The molecule has 0 aliphatic heterocycles. The molecule has 2 aromatic carbocycles. The molecule has 0 amide bonds. The van der Waals surface area contributed by atoms with Gasteiger partial charge in [0.2, 0.25) is 0 Å². The second-order valence-corrected chi connectivity index (χ2v) is 7.32. The van der Waals surface area contributed by atoms with Crippen LogP contribution in [0.15, 0.2) is 71.5 Å². The molecule has 2 heterocycles. The number of halogens is 3. The highest BCUT2D eigenvalue weighted by molar-refractivity contribution is 6.36. The Labute approximate surface area is 176 Å². The number of pyridine rings is 1. The fraction of sp³-hybridized carbons (Fsp3) is 0.0476. The summed E-state index contributed by atoms with van der Waals surface area (Å²) in [6, 6.07) is 15.8. The van der Waals surface area contributed by atoms with Crippen molar-refractivity contribution in [2.24, 2.45) is 0 Å². The van der Waals surface area contributed by atoms with Gasteiger partial charge in [-0.05, 0) is 36.4 Å². The number of rotatable bonds is 4. The molecule has 0 bridgehead atoms. The minimum absolute atomic E-state index is 0.364. The third kappa shape index (κ3) is 3.52. The Hall–Kier alpha value is -2.37. The predicted molar refractivity (Wildman–Crippen MR) is 111 cm³/mol. The van der Waals surface area contributed by atoms with Crippen LogP contribution in [0, 0.1) is 0 Å². The Morgan fingerprint density at radius 2 is 1.71 bits per heavy atom. The van der Waals surface area contributed by atoms with Gasteiger partial charge in [-0.25, -0.2) is 0 Å². The molecule has 0 radical (unpaired) electrons. The highest BCUT2D eigenvalue weighted by atomic mass is 35.5. The van der Waals surface area contributed by atoms with E-state index in [0.717, 1.165) is 0 Å². The Balaban J connectivity index is 1.96.